The molecule has 0 unspecified atom stereocenters. The molecule has 2 aromatic carbocycles. The van der Waals surface area contributed by atoms with Crippen LogP contribution in [-0.2, 0) is 6.54 Å². The maximum Gasteiger partial charge on any atom is 0.255 e. The predicted molar refractivity (Wildman–Crippen MR) is 77.7 cm³/mol. The van der Waals surface area contributed by atoms with Crippen LogP contribution in [0.15, 0.2) is 36.4 Å². The van der Waals surface area contributed by atoms with Gasteiger partial charge in [-0.2, -0.15) is 0 Å². The van der Waals surface area contributed by atoms with Crippen molar-refractivity contribution in [1.82, 2.24) is 4.90 Å². The molecule has 0 fully saturated rings. The lowest BCUT2D eigenvalue weighted by atomic mass is 10.1. The van der Waals surface area contributed by atoms with E-state index in [4.69, 9.17) is 5.73 Å². The van der Waals surface area contributed by atoms with Gasteiger partial charge in [0.2, 0.25) is 0 Å². The molecule has 110 valence electrons. The first kappa shape index (κ1) is 15.0. The number of carbonyl (C=O) groups is 1. The fourth-order valence-electron chi connectivity index (χ4n) is 2.04. The molecule has 0 aliphatic carbocycles. The van der Waals surface area contributed by atoms with E-state index in [1.165, 1.54) is 11.0 Å². The highest BCUT2D eigenvalue weighted by Crippen LogP contribution is 2.17. The first-order valence-corrected chi connectivity index (χ1v) is 6.44. The number of benzene rings is 2. The van der Waals surface area contributed by atoms with Crippen molar-refractivity contribution in [2.45, 2.75) is 13.5 Å². The summed E-state index contributed by atoms with van der Waals surface area (Å²) in [5.74, 6) is -2.10. The molecule has 0 atom stereocenters. The number of halogens is 2. The lowest BCUT2D eigenvalue weighted by Gasteiger charge is -2.18. The second kappa shape index (κ2) is 5.91. The number of hydrogen-bond acceptors (Lipinski definition) is 2. The molecule has 0 saturated heterocycles. The van der Waals surface area contributed by atoms with Crippen LogP contribution in [0, 0.1) is 18.6 Å². The molecule has 5 heteroatoms. The average molecular weight is 290 g/mol. The van der Waals surface area contributed by atoms with Crippen molar-refractivity contribution in [1.29, 1.82) is 0 Å². The molecule has 2 aromatic rings. The van der Waals surface area contributed by atoms with Crippen LogP contribution in [0.2, 0.25) is 0 Å². The molecule has 0 bridgehead atoms. The van der Waals surface area contributed by atoms with Gasteiger partial charge in [0.05, 0.1) is 5.56 Å². The first-order valence-electron chi connectivity index (χ1n) is 6.44. The van der Waals surface area contributed by atoms with E-state index in [-0.39, 0.29) is 12.5 Å². The number of nitrogen functional groups attached to an aromatic ring is 1. The van der Waals surface area contributed by atoms with E-state index in [9.17, 15) is 13.6 Å². The van der Waals surface area contributed by atoms with E-state index >= 15 is 0 Å². The van der Waals surface area contributed by atoms with Crippen molar-refractivity contribution in [2.75, 3.05) is 12.8 Å². The standard InChI is InChI=1S/C16H16F2N2O/c1-10-3-6-15(19)12(7-10)16(21)20(2)9-11-4-5-13(17)14(18)8-11/h3-8H,9,19H2,1-2H3. The molecule has 0 saturated carbocycles. The largest absolute Gasteiger partial charge is 0.398 e. The Morgan fingerprint density at radius 2 is 1.86 bits per heavy atom. The quantitative estimate of drug-likeness (QED) is 0.883. The van der Waals surface area contributed by atoms with Crippen LogP contribution >= 0.6 is 0 Å². The Morgan fingerprint density at radius 1 is 1.14 bits per heavy atom. The number of hydrogen-bond donors (Lipinski definition) is 1. The Morgan fingerprint density at radius 3 is 2.52 bits per heavy atom. The van der Waals surface area contributed by atoms with Gasteiger partial charge in [0.25, 0.3) is 5.91 Å². The summed E-state index contributed by atoms with van der Waals surface area (Å²) in [6, 6.07) is 8.78. The van der Waals surface area contributed by atoms with Crippen molar-refractivity contribution < 1.29 is 13.6 Å². The molecule has 0 spiro atoms. The summed E-state index contributed by atoms with van der Waals surface area (Å²) in [6.45, 7) is 2.04. The number of aryl methyl sites for hydroxylation is 1. The van der Waals surface area contributed by atoms with Gasteiger partial charge in [-0.1, -0.05) is 17.7 Å². The highest BCUT2D eigenvalue weighted by molar-refractivity contribution is 5.99. The van der Waals surface area contributed by atoms with Gasteiger partial charge in [0.15, 0.2) is 11.6 Å². The van der Waals surface area contributed by atoms with Crippen LogP contribution in [-0.4, -0.2) is 17.9 Å². The van der Waals surface area contributed by atoms with Crippen LogP contribution in [0.3, 0.4) is 0 Å². The number of anilines is 1. The van der Waals surface area contributed by atoms with E-state index in [1.54, 1.807) is 19.2 Å². The van der Waals surface area contributed by atoms with Crippen LogP contribution in [0.25, 0.3) is 0 Å². The summed E-state index contributed by atoms with van der Waals surface area (Å²) in [7, 11) is 1.59. The smallest absolute Gasteiger partial charge is 0.255 e. The SMILES string of the molecule is Cc1ccc(N)c(C(=O)N(C)Cc2ccc(F)c(F)c2)c1. The zero-order chi connectivity index (χ0) is 15.6. The van der Waals surface area contributed by atoms with E-state index in [0.717, 1.165) is 17.7 Å². The molecule has 0 radical (unpaired) electrons. The first-order chi connectivity index (χ1) is 9.88. The van der Waals surface area contributed by atoms with Crippen molar-refractivity contribution in [3.63, 3.8) is 0 Å². The predicted octanol–water partition coefficient (Wildman–Crippen LogP) is 3.13. The lowest BCUT2D eigenvalue weighted by Crippen LogP contribution is -2.27. The zero-order valence-corrected chi connectivity index (χ0v) is 11.9. The minimum absolute atomic E-state index is 0.170. The van der Waals surface area contributed by atoms with Gasteiger partial charge in [-0.25, -0.2) is 8.78 Å². The maximum absolute atomic E-state index is 13.2. The van der Waals surface area contributed by atoms with Gasteiger partial charge in [-0.05, 0) is 36.8 Å². The molecule has 0 aliphatic heterocycles. The summed E-state index contributed by atoms with van der Waals surface area (Å²) in [5.41, 5.74) is 8.04. The molecular weight excluding hydrogens is 274 g/mol. The Balaban J connectivity index is 2.19. The molecule has 3 nitrogen and oxygen atoms in total. The summed E-state index contributed by atoms with van der Waals surface area (Å²) < 4.78 is 26.1. The van der Waals surface area contributed by atoms with Gasteiger partial charge in [-0.3, -0.25) is 4.79 Å². The lowest BCUT2D eigenvalue weighted by molar-refractivity contribution is 0.0786. The number of carbonyl (C=O) groups excluding carboxylic acids is 1. The van der Waals surface area contributed by atoms with E-state index in [0.29, 0.717) is 16.8 Å². The van der Waals surface area contributed by atoms with Crippen molar-refractivity contribution in [2.24, 2.45) is 0 Å². The van der Waals surface area contributed by atoms with Crippen LogP contribution < -0.4 is 5.73 Å². The Kier molecular flexibility index (Phi) is 4.21. The molecule has 0 aromatic heterocycles. The minimum atomic E-state index is -0.927. The number of nitrogens with zero attached hydrogens (tertiary/aromatic N) is 1. The summed E-state index contributed by atoms with van der Waals surface area (Å²) in [5, 5.41) is 0. The van der Waals surface area contributed by atoms with Gasteiger partial charge in [0, 0.05) is 19.3 Å². The van der Waals surface area contributed by atoms with E-state index in [2.05, 4.69) is 0 Å². The Bertz CT molecular complexity index is 686. The summed E-state index contributed by atoms with van der Waals surface area (Å²) in [6.07, 6.45) is 0. The monoisotopic (exact) mass is 290 g/mol. The molecular formula is C16H16F2N2O. The van der Waals surface area contributed by atoms with Crippen LogP contribution in [0.4, 0.5) is 14.5 Å². The Labute approximate surface area is 122 Å². The minimum Gasteiger partial charge on any atom is -0.398 e. The normalized spacial score (nSPS) is 10.5. The summed E-state index contributed by atoms with van der Waals surface area (Å²) >= 11 is 0. The maximum atomic E-state index is 13.2. The van der Waals surface area contributed by atoms with Crippen LogP contribution in [0.5, 0.6) is 0 Å². The number of nitrogens with two attached hydrogens (primary N) is 1. The molecule has 0 heterocycles. The molecule has 21 heavy (non-hydrogen) atoms. The van der Waals surface area contributed by atoms with Crippen LogP contribution in [0.1, 0.15) is 21.5 Å². The third-order valence-electron chi connectivity index (χ3n) is 3.19. The fraction of sp³-hybridized carbons (Fsp3) is 0.188. The fourth-order valence-corrected chi connectivity index (χ4v) is 2.04. The third-order valence-corrected chi connectivity index (χ3v) is 3.19. The second-order valence-corrected chi connectivity index (χ2v) is 5.00. The number of rotatable bonds is 3. The molecule has 2 N–H and O–H groups in total. The third kappa shape index (κ3) is 3.37. The van der Waals surface area contributed by atoms with E-state index < -0.39 is 11.6 Å². The van der Waals surface area contributed by atoms with Gasteiger partial charge < -0.3 is 10.6 Å². The van der Waals surface area contributed by atoms with Gasteiger partial charge >= 0.3 is 0 Å². The molecule has 0 aliphatic rings. The van der Waals surface area contributed by atoms with E-state index in [1.807, 2.05) is 13.0 Å². The van der Waals surface area contributed by atoms with Gasteiger partial charge in [-0.15, -0.1) is 0 Å². The molecule has 2 rings (SSSR count). The average Bonchev–Trinajstić information content (AvgIpc) is 2.44. The van der Waals surface area contributed by atoms with Crippen molar-refractivity contribution in [3.05, 3.63) is 64.7 Å². The van der Waals surface area contributed by atoms with Crippen molar-refractivity contribution in [3.8, 4) is 0 Å². The highest BCUT2D eigenvalue weighted by Gasteiger charge is 2.15. The van der Waals surface area contributed by atoms with Gasteiger partial charge in [0.1, 0.15) is 0 Å². The van der Waals surface area contributed by atoms with Crippen molar-refractivity contribution >= 4 is 11.6 Å². The zero-order valence-electron chi connectivity index (χ0n) is 11.9. The topological polar surface area (TPSA) is 46.3 Å². The second-order valence-electron chi connectivity index (χ2n) is 5.00. The highest BCUT2D eigenvalue weighted by atomic mass is 19.2. The Hall–Kier alpha value is -2.43. The number of amides is 1. The summed E-state index contributed by atoms with van der Waals surface area (Å²) in [4.78, 5) is 13.8. The molecule has 1 amide bonds.